The van der Waals surface area contributed by atoms with Crippen LogP contribution in [0.1, 0.15) is 6.42 Å². The molecule has 6 nitrogen and oxygen atoms in total. The van der Waals surface area contributed by atoms with E-state index < -0.39 is 24.1 Å². The molecule has 1 fully saturated rings. The summed E-state index contributed by atoms with van der Waals surface area (Å²) < 4.78 is 38.4. The number of alkyl halides is 2. The van der Waals surface area contributed by atoms with Gasteiger partial charge in [-0.2, -0.15) is 0 Å². The van der Waals surface area contributed by atoms with Crippen molar-refractivity contribution in [1.29, 1.82) is 0 Å². The Morgan fingerprint density at radius 3 is 2.95 bits per heavy atom. The highest BCUT2D eigenvalue weighted by Crippen LogP contribution is 2.33. The number of ether oxygens (including phenoxy) is 2. The number of benzene rings is 1. The number of halogens is 2. The van der Waals surface area contributed by atoms with E-state index in [1.54, 1.807) is 6.07 Å². The van der Waals surface area contributed by atoms with Gasteiger partial charge in [-0.3, -0.25) is 4.79 Å². The van der Waals surface area contributed by atoms with Crippen LogP contribution >= 0.6 is 0 Å². The van der Waals surface area contributed by atoms with Crippen molar-refractivity contribution in [2.75, 3.05) is 20.2 Å². The number of nitrogens with one attached hydrogen (secondary N) is 2. The number of aromatic amines is 1. The van der Waals surface area contributed by atoms with Crippen LogP contribution in [0.4, 0.5) is 8.78 Å². The van der Waals surface area contributed by atoms with Crippen molar-refractivity contribution in [3.05, 3.63) is 28.8 Å². The lowest BCUT2D eigenvalue weighted by molar-refractivity contribution is -0.108. The summed E-state index contributed by atoms with van der Waals surface area (Å²) in [5.41, 5.74) is -0.116. The first-order chi connectivity index (χ1) is 10.5. The summed E-state index contributed by atoms with van der Waals surface area (Å²) in [6.45, 7) is -0.0229. The summed E-state index contributed by atoms with van der Waals surface area (Å²) in [6.07, 6.45) is 0.0836. The Bertz CT molecular complexity index is 748. The van der Waals surface area contributed by atoms with Crippen LogP contribution in [0.25, 0.3) is 10.9 Å². The Morgan fingerprint density at radius 1 is 1.41 bits per heavy atom. The summed E-state index contributed by atoms with van der Waals surface area (Å²) in [4.78, 5) is 18.4. The maximum Gasteiger partial charge on any atom is 0.296 e. The highest BCUT2D eigenvalue weighted by atomic mass is 19.3. The van der Waals surface area contributed by atoms with E-state index in [2.05, 4.69) is 15.3 Å². The van der Waals surface area contributed by atoms with Gasteiger partial charge in [0.2, 0.25) is 0 Å². The van der Waals surface area contributed by atoms with Crippen LogP contribution in [0.5, 0.6) is 11.5 Å². The van der Waals surface area contributed by atoms with Gasteiger partial charge in [-0.05, 0) is 6.54 Å². The van der Waals surface area contributed by atoms with E-state index in [4.69, 9.17) is 9.47 Å². The smallest absolute Gasteiger partial charge is 0.296 e. The molecule has 22 heavy (non-hydrogen) atoms. The third kappa shape index (κ3) is 2.61. The Morgan fingerprint density at radius 2 is 2.23 bits per heavy atom. The third-order valence-corrected chi connectivity index (χ3v) is 3.60. The fraction of sp³-hybridized carbons (Fsp3) is 0.429. The Labute approximate surface area is 124 Å². The lowest BCUT2D eigenvalue weighted by Gasteiger charge is -2.32. The summed E-state index contributed by atoms with van der Waals surface area (Å²) in [5.74, 6) is -2.57. The van der Waals surface area contributed by atoms with Crippen LogP contribution in [-0.4, -0.2) is 42.2 Å². The highest BCUT2D eigenvalue weighted by molar-refractivity contribution is 5.85. The molecule has 1 saturated heterocycles. The van der Waals surface area contributed by atoms with Gasteiger partial charge in [-0.25, -0.2) is 13.8 Å². The maximum atomic E-state index is 13.9. The van der Waals surface area contributed by atoms with Crippen LogP contribution in [0.15, 0.2) is 23.3 Å². The average molecular weight is 311 g/mol. The van der Waals surface area contributed by atoms with E-state index in [0.29, 0.717) is 17.8 Å². The number of methoxy groups -OCH3 is 1. The van der Waals surface area contributed by atoms with Gasteiger partial charge in [0.15, 0.2) is 6.10 Å². The first-order valence-corrected chi connectivity index (χ1v) is 6.82. The SMILES string of the molecule is COc1cc(OC2CCNCC2(F)F)c2c(=O)[nH]cnc2c1. The lowest BCUT2D eigenvalue weighted by Crippen LogP contribution is -2.52. The van der Waals surface area contributed by atoms with Crippen molar-refractivity contribution in [1.82, 2.24) is 15.3 Å². The second-order valence-electron chi connectivity index (χ2n) is 5.08. The van der Waals surface area contributed by atoms with Gasteiger partial charge in [0, 0.05) is 18.6 Å². The number of H-pyrrole nitrogens is 1. The van der Waals surface area contributed by atoms with E-state index in [1.807, 2.05) is 0 Å². The minimum Gasteiger partial charge on any atom is -0.497 e. The summed E-state index contributed by atoms with van der Waals surface area (Å²) in [5, 5.41) is 2.76. The van der Waals surface area contributed by atoms with Crippen molar-refractivity contribution < 1.29 is 18.3 Å². The summed E-state index contributed by atoms with van der Waals surface area (Å²) >= 11 is 0. The second-order valence-corrected chi connectivity index (χ2v) is 5.08. The molecule has 1 aromatic carbocycles. The van der Waals surface area contributed by atoms with Crippen LogP contribution in [0, 0.1) is 0 Å². The zero-order chi connectivity index (χ0) is 15.7. The molecule has 1 aliphatic heterocycles. The first-order valence-electron chi connectivity index (χ1n) is 6.82. The Kier molecular flexibility index (Phi) is 3.69. The van der Waals surface area contributed by atoms with Crippen molar-refractivity contribution >= 4 is 10.9 Å². The lowest BCUT2D eigenvalue weighted by atomic mass is 10.1. The van der Waals surface area contributed by atoms with Crippen molar-refractivity contribution in [2.24, 2.45) is 0 Å². The maximum absolute atomic E-state index is 13.9. The van der Waals surface area contributed by atoms with Crippen LogP contribution in [0.2, 0.25) is 0 Å². The Hall–Kier alpha value is -2.22. The molecule has 0 amide bonds. The Balaban J connectivity index is 2.07. The van der Waals surface area contributed by atoms with Gasteiger partial charge in [0.1, 0.15) is 16.9 Å². The van der Waals surface area contributed by atoms with Crippen LogP contribution < -0.4 is 20.3 Å². The normalized spacial score (nSPS) is 20.8. The quantitative estimate of drug-likeness (QED) is 0.894. The topological polar surface area (TPSA) is 76.2 Å². The average Bonchev–Trinajstić information content (AvgIpc) is 2.49. The fourth-order valence-corrected chi connectivity index (χ4v) is 2.46. The molecule has 0 bridgehead atoms. The molecule has 2 aromatic rings. The number of nitrogens with zero attached hydrogens (tertiary/aromatic N) is 1. The molecule has 1 atom stereocenters. The van der Waals surface area contributed by atoms with E-state index in [9.17, 15) is 13.6 Å². The summed E-state index contributed by atoms with van der Waals surface area (Å²) in [7, 11) is 1.44. The predicted octanol–water partition coefficient (Wildman–Crippen LogP) is 1.31. The highest BCUT2D eigenvalue weighted by Gasteiger charge is 2.43. The molecule has 2 heterocycles. The number of hydrogen-bond acceptors (Lipinski definition) is 5. The van der Waals surface area contributed by atoms with E-state index in [1.165, 1.54) is 19.5 Å². The molecule has 1 aliphatic rings. The molecular formula is C14H15F2N3O3. The molecule has 1 unspecified atom stereocenters. The number of fused-ring (bicyclic) bond motifs is 1. The molecule has 0 radical (unpaired) electrons. The molecule has 8 heteroatoms. The zero-order valence-electron chi connectivity index (χ0n) is 11.9. The zero-order valence-corrected chi connectivity index (χ0v) is 11.9. The minimum atomic E-state index is -3.01. The van der Waals surface area contributed by atoms with Gasteiger partial charge in [-0.15, -0.1) is 0 Å². The van der Waals surface area contributed by atoms with E-state index in [-0.39, 0.29) is 17.6 Å². The number of rotatable bonds is 3. The molecular weight excluding hydrogens is 296 g/mol. The van der Waals surface area contributed by atoms with Crippen molar-refractivity contribution in [3.63, 3.8) is 0 Å². The molecule has 3 rings (SSSR count). The van der Waals surface area contributed by atoms with Crippen LogP contribution in [0.3, 0.4) is 0 Å². The standard InChI is InChI=1S/C14H15F2N3O3/c1-21-8-4-9-12(13(20)19-7-18-9)10(5-8)22-11-2-3-17-6-14(11,15)16/h4-5,7,11,17H,2-3,6H2,1H3,(H,18,19,20). The van der Waals surface area contributed by atoms with Gasteiger partial charge in [0.05, 0.1) is 25.5 Å². The molecule has 118 valence electrons. The molecule has 0 aliphatic carbocycles. The number of aromatic nitrogens is 2. The van der Waals surface area contributed by atoms with Gasteiger partial charge < -0.3 is 19.8 Å². The molecule has 0 saturated carbocycles. The third-order valence-electron chi connectivity index (χ3n) is 3.60. The largest absolute Gasteiger partial charge is 0.497 e. The molecule has 2 N–H and O–H groups in total. The monoisotopic (exact) mass is 311 g/mol. The van der Waals surface area contributed by atoms with Gasteiger partial charge in [-0.1, -0.05) is 0 Å². The fourth-order valence-electron chi connectivity index (χ4n) is 2.46. The number of hydrogen-bond donors (Lipinski definition) is 2. The second kappa shape index (κ2) is 5.53. The van der Waals surface area contributed by atoms with Gasteiger partial charge in [0.25, 0.3) is 11.5 Å². The first kappa shape index (κ1) is 14.7. The van der Waals surface area contributed by atoms with Crippen molar-refractivity contribution in [2.45, 2.75) is 18.4 Å². The predicted molar refractivity (Wildman–Crippen MR) is 75.8 cm³/mol. The number of piperidine rings is 1. The van der Waals surface area contributed by atoms with E-state index >= 15 is 0 Å². The van der Waals surface area contributed by atoms with Crippen LogP contribution in [-0.2, 0) is 0 Å². The van der Waals surface area contributed by atoms with E-state index in [0.717, 1.165) is 0 Å². The van der Waals surface area contributed by atoms with Crippen molar-refractivity contribution in [3.8, 4) is 11.5 Å². The van der Waals surface area contributed by atoms with Gasteiger partial charge >= 0.3 is 0 Å². The molecule has 0 spiro atoms. The summed E-state index contributed by atoms with van der Waals surface area (Å²) in [6, 6.07) is 2.98. The molecule has 1 aromatic heterocycles. The minimum absolute atomic E-state index is 0.0512.